The molecular formula is C16H11BrNO2+. The fraction of sp³-hybridized carbons (Fsp3) is 0. The summed E-state index contributed by atoms with van der Waals surface area (Å²) in [6.45, 7) is 0. The minimum atomic E-state index is -0.379. The van der Waals surface area contributed by atoms with E-state index < -0.39 is 0 Å². The summed E-state index contributed by atoms with van der Waals surface area (Å²) in [7, 11) is 0. The quantitative estimate of drug-likeness (QED) is 0.532. The van der Waals surface area contributed by atoms with Crippen LogP contribution in [0.5, 0.6) is 5.75 Å². The molecule has 0 atom stereocenters. The summed E-state index contributed by atoms with van der Waals surface area (Å²) >= 11 is 3.34. The average Bonchev–Trinajstić information content (AvgIpc) is 2.47. The van der Waals surface area contributed by atoms with Gasteiger partial charge in [-0.2, -0.15) is 0 Å². The first-order chi connectivity index (χ1) is 9.74. The van der Waals surface area contributed by atoms with E-state index in [9.17, 15) is 4.79 Å². The van der Waals surface area contributed by atoms with Crippen LogP contribution in [0.4, 0.5) is 0 Å². The molecule has 0 unspecified atom stereocenters. The average molecular weight is 329 g/mol. The predicted octanol–water partition coefficient (Wildman–Crippen LogP) is 3.64. The Balaban J connectivity index is 1.95. The first-order valence-corrected chi connectivity index (χ1v) is 6.90. The number of para-hydroxylation sites is 1. The Morgan fingerprint density at radius 2 is 1.85 bits per heavy atom. The van der Waals surface area contributed by atoms with Crippen LogP contribution >= 0.6 is 15.9 Å². The normalized spacial score (nSPS) is 10.4. The summed E-state index contributed by atoms with van der Waals surface area (Å²) in [6, 6.07) is 16.6. The van der Waals surface area contributed by atoms with E-state index in [1.165, 1.54) is 0 Å². The standard InChI is InChI=1S/C16H10BrNO2/c17-13-7-1-5-12(10-13)16(19)20-14-8-2-4-11-6-3-9-18-15(11)14/h1-10H/p+1. The Morgan fingerprint density at radius 3 is 2.70 bits per heavy atom. The molecule has 0 bridgehead atoms. The fourth-order valence-electron chi connectivity index (χ4n) is 1.98. The van der Waals surface area contributed by atoms with Gasteiger partial charge in [0.15, 0.2) is 6.20 Å². The number of aromatic amines is 1. The highest BCUT2D eigenvalue weighted by Gasteiger charge is 2.14. The van der Waals surface area contributed by atoms with Crippen LogP contribution in [-0.4, -0.2) is 5.97 Å². The number of esters is 1. The molecule has 1 aromatic heterocycles. The van der Waals surface area contributed by atoms with Gasteiger partial charge in [-0.05, 0) is 36.4 Å². The molecule has 0 aliphatic heterocycles. The second-order valence-electron chi connectivity index (χ2n) is 4.29. The second-order valence-corrected chi connectivity index (χ2v) is 5.21. The molecule has 0 spiro atoms. The van der Waals surface area contributed by atoms with E-state index in [4.69, 9.17) is 4.74 Å². The number of rotatable bonds is 2. The Bertz CT molecular complexity index is 781. The third-order valence-corrected chi connectivity index (χ3v) is 3.41. The molecule has 3 nitrogen and oxygen atoms in total. The van der Waals surface area contributed by atoms with Crippen molar-refractivity contribution in [3.8, 4) is 5.75 Å². The Hall–Kier alpha value is -2.20. The number of fused-ring (bicyclic) bond motifs is 1. The van der Waals surface area contributed by atoms with Crippen LogP contribution < -0.4 is 9.72 Å². The first kappa shape index (κ1) is 12.8. The maximum absolute atomic E-state index is 12.2. The minimum absolute atomic E-state index is 0.379. The third-order valence-electron chi connectivity index (χ3n) is 2.92. The number of ether oxygens (including phenoxy) is 1. The van der Waals surface area contributed by atoms with Gasteiger partial charge in [0.25, 0.3) is 5.52 Å². The number of carbonyl (C=O) groups is 1. The van der Waals surface area contributed by atoms with Gasteiger partial charge in [0.05, 0.1) is 10.9 Å². The Morgan fingerprint density at radius 1 is 1.05 bits per heavy atom. The third kappa shape index (κ3) is 2.56. The Kier molecular flexibility index (Phi) is 3.48. The highest BCUT2D eigenvalue weighted by molar-refractivity contribution is 9.10. The lowest BCUT2D eigenvalue weighted by molar-refractivity contribution is -0.345. The summed E-state index contributed by atoms with van der Waals surface area (Å²) in [5, 5.41) is 0.993. The maximum Gasteiger partial charge on any atom is 0.343 e. The van der Waals surface area contributed by atoms with E-state index in [1.807, 2.05) is 30.3 Å². The molecule has 98 valence electrons. The second kappa shape index (κ2) is 5.43. The number of pyridine rings is 1. The number of aromatic nitrogens is 1. The van der Waals surface area contributed by atoms with Crippen LogP contribution in [0, 0.1) is 0 Å². The van der Waals surface area contributed by atoms with E-state index in [-0.39, 0.29) is 5.97 Å². The molecule has 20 heavy (non-hydrogen) atoms. The van der Waals surface area contributed by atoms with Gasteiger partial charge in [-0.1, -0.05) is 28.1 Å². The van der Waals surface area contributed by atoms with Crippen molar-refractivity contribution in [1.82, 2.24) is 0 Å². The number of halogens is 1. The lowest BCUT2D eigenvalue weighted by atomic mass is 10.2. The van der Waals surface area contributed by atoms with E-state index in [0.717, 1.165) is 15.4 Å². The van der Waals surface area contributed by atoms with Crippen molar-refractivity contribution in [1.29, 1.82) is 0 Å². The van der Waals surface area contributed by atoms with Gasteiger partial charge >= 0.3 is 5.97 Å². The number of hydrogen-bond acceptors (Lipinski definition) is 2. The molecular weight excluding hydrogens is 318 g/mol. The van der Waals surface area contributed by atoms with Crippen LogP contribution in [0.1, 0.15) is 10.4 Å². The molecule has 0 saturated heterocycles. The van der Waals surface area contributed by atoms with Crippen molar-refractivity contribution < 1.29 is 14.5 Å². The largest absolute Gasteiger partial charge is 0.416 e. The summed E-state index contributed by atoms with van der Waals surface area (Å²) < 4.78 is 6.32. The number of H-pyrrole nitrogens is 1. The van der Waals surface area contributed by atoms with Crippen LogP contribution in [0.15, 0.2) is 65.3 Å². The maximum atomic E-state index is 12.2. The van der Waals surface area contributed by atoms with Crippen molar-refractivity contribution >= 4 is 32.8 Å². The van der Waals surface area contributed by atoms with Crippen LogP contribution in [-0.2, 0) is 0 Å². The zero-order valence-electron chi connectivity index (χ0n) is 10.5. The smallest absolute Gasteiger partial charge is 0.343 e. The van der Waals surface area contributed by atoms with E-state index >= 15 is 0 Å². The summed E-state index contributed by atoms with van der Waals surface area (Å²) in [5.74, 6) is 0.143. The molecule has 3 rings (SSSR count). The van der Waals surface area contributed by atoms with Crippen molar-refractivity contribution in [2.45, 2.75) is 0 Å². The highest BCUT2D eigenvalue weighted by atomic mass is 79.9. The van der Waals surface area contributed by atoms with Crippen LogP contribution in [0.25, 0.3) is 10.9 Å². The van der Waals surface area contributed by atoms with Gasteiger partial charge in [-0.25, -0.2) is 9.78 Å². The summed E-state index contributed by atoms with van der Waals surface area (Å²) in [6.07, 6.45) is 1.80. The summed E-state index contributed by atoms with van der Waals surface area (Å²) in [5.41, 5.74) is 1.31. The Labute approximate surface area is 124 Å². The summed E-state index contributed by atoms with van der Waals surface area (Å²) in [4.78, 5) is 15.3. The molecule has 1 heterocycles. The molecule has 1 N–H and O–H groups in total. The van der Waals surface area contributed by atoms with E-state index in [1.54, 1.807) is 30.5 Å². The lowest BCUT2D eigenvalue weighted by Crippen LogP contribution is -2.11. The van der Waals surface area contributed by atoms with Gasteiger partial charge in [-0.3, -0.25) is 0 Å². The van der Waals surface area contributed by atoms with Crippen molar-refractivity contribution in [2.24, 2.45) is 0 Å². The molecule has 2 aromatic carbocycles. The van der Waals surface area contributed by atoms with Gasteiger partial charge in [0.2, 0.25) is 5.75 Å². The topological polar surface area (TPSA) is 40.4 Å². The first-order valence-electron chi connectivity index (χ1n) is 6.11. The number of nitrogens with one attached hydrogen (secondary N) is 1. The minimum Gasteiger partial charge on any atom is -0.416 e. The van der Waals surface area contributed by atoms with Gasteiger partial charge in [0, 0.05) is 10.5 Å². The molecule has 0 aliphatic carbocycles. The monoisotopic (exact) mass is 328 g/mol. The van der Waals surface area contributed by atoms with Crippen molar-refractivity contribution in [3.63, 3.8) is 0 Å². The van der Waals surface area contributed by atoms with E-state index in [2.05, 4.69) is 20.9 Å². The zero-order chi connectivity index (χ0) is 13.9. The molecule has 4 heteroatoms. The molecule has 0 fully saturated rings. The van der Waals surface area contributed by atoms with Crippen LogP contribution in [0.2, 0.25) is 0 Å². The molecule has 3 aromatic rings. The fourth-order valence-corrected chi connectivity index (χ4v) is 2.38. The van der Waals surface area contributed by atoms with Gasteiger partial charge < -0.3 is 4.74 Å². The predicted molar refractivity (Wildman–Crippen MR) is 79.6 cm³/mol. The SMILES string of the molecule is O=C(Oc1cccc2ccc[nH+]c12)c1cccc(Br)c1. The molecule has 0 radical (unpaired) electrons. The van der Waals surface area contributed by atoms with Gasteiger partial charge in [-0.15, -0.1) is 0 Å². The lowest BCUT2D eigenvalue weighted by Gasteiger charge is -2.04. The van der Waals surface area contributed by atoms with Crippen molar-refractivity contribution in [2.75, 3.05) is 0 Å². The molecule has 0 aliphatic rings. The highest BCUT2D eigenvalue weighted by Crippen LogP contribution is 2.22. The van der Waals surface area contributed by atoms with E-state index in [0.29, 0.717) is 11.3 Å². The zero-order valence-corrected chi connectivity index (χ0v) is 12.1. The number of carbonyl (C=O) groups excluding carboxylic acids is 1. The molecule has 0 saturated carbocycles. The molecule has 0 amide bonds. The van der Waals surface area contributed by atoms with Gasteiger partial charge in [0.1, 0.15) is 0 Å². The number of hydrogen-bond donors (Lipinski definition) is 0. The van der Waals surface area contributed by atoms with Crippen molar-refractivity contribution in [3.05, 3.63) is 70.8 Å². The van der Waals surface area contributed by atoms with Crippen LogP contribution in [0.3, 0.4) is 0 Å². The number of benzene rings is 2.